The van der Waals surface area contributed by atoms with Gasteiger partial charge in [0.1, 0.15) is 5.82 Å². The maximum absolute atomic E-state index is 14.2. The zero-order valence-electron chi connectivity index (χ0n) is 24.6. The van der Waals surface area contributed by atoms with E-state index in [1.54, 1.807) is 22.9 Å². The Balaban J connectivity index is 1.26. The summed E-state index contributed by atoms with van der Waals surface area (Å²) in [6, 6.07) is 7.09. The van der Waals surface area contributed by atoms with Gasteiger partial charge in [-0.15, -0.1) is 0 Å². The second-order valence-electron chi connectivity index (χ2n) is 12.6. The van der Waals surface area contributed by atoms with Crippen molar-refractivity contribution in [3.8, 4) is 6.07 Å². The van der Waals surface area contributed by atoms with Crippen LogP contribution in [0.3, 0.4) is 0 Å². The lowest BCUT2D eigenvalue weighted by atomic mass is 9.64. The first-order valence-corrected chi connectivity index (χ1v) is 15.2. The molecule has 11 heteroatoms. The van der Waals surface area contributed by atoms with Crippen molar-refractivity contribution in [2.24, 2.45) is 5.92 Å². The number of halogens is 1. The van der Waals surface area contributed by atoms with Gasteiger partial charge in [0.2, 0.25) is 11.8 Å². The van der Waals surface area contributed by atoms with Crippen LogP contribution in [0, 0.1) is 23.1 Å². The number of ether oxygens (including phenoxy) is 1. The number of nitriles is 1. The Hall–Kier alpha value is -2.88. The van der Waals surface area contributed by atoms with Crippen molar-refractivity contribution in [1.29, 1.82) is 5.26 Å². The number of anilines is 1. The van der Waals surface area contributed by atoms with Crippen molar-refractivity contribution in [2.75, 3.05) is 51.8 Å². The van der Waals surface area contributed by atoms with Gasteiger partial charge in [-0.1, -0.05) is 12.6 Å². The zero-order chi connectivity index (χ0) is 29.6. The number of nitrogens with one attached hydrogen (secondary N) is 2. The molecule has 42 heavy (non-hydrogen) atoms. The third kappa shape index (κ3) is 5.03. The number of hydrogen-bond donors (Lipinski definition) is 2. The molecule has 0 bridgehead atoms. The molecule has 3 saturated heterocycles. The lowest BCUT2D eigenvalue weighted by molar-refractivity contribution is -0.137. The number of carbonyl (C=O) groups is 2. The number of fused-ring (bicyclic) bond motifs is 3. The Bertz CT molecular complexity index is 1270. The van der Waals surface area contributed by atoms with E-state index in [0.29, 0.717) is 50.8 Å². The molecular formula is C31H42FN7O3. The van der Waals surface area contributed by atoms with Crippen LogP contribution in [0.2, 0.25) is 0 Å². The highest BCUT2D eigenvalue weighted by atomic mass is 19.1. The van der Waals surface area contributed by atoms with Crippen LogP contribution < -0.4 is 15.5 Å². The predicted molar refractivity (Wildman–Crippen MR) is 156 cm³/mol. The molecule has 1 saturated carbocycles. The highest BCUT2D eigenvalue weighted by molar-refractivity contribution is 6.07. The third-order valence-electron chi connectivity index (χ3n) is 10.5. The van der Waals surface area contributed by atoms with Crippen molar-refractivity contribution >= 4 is 17.5 Å². The van der Waals surface area contributed by atoms with Gasteiger partial charge in [0.25, 0.3) is 0 Å². The van der Waals surface area contributed by atoms with Gasteiger partial charge in [-0.25, -0.2) is 4.39 Å². The van der Waals surface area contributed by atoms with Crippen molar-refractivity contribution in [3.05, 3.63) is 42.2 Å². The molecule has 6 rings (SSSR count). The fraction of sp³-hybridized carbons (Fsp3) is 0.645. The monoisotopic (exact) mass is 579 g/mol. The summed E-state index contributed by atoms with van der Waals surface area (Å²) in [6.07, 6.45) is 5.43. The van der Waals surface area contributed by atoms with Crippen LogP contribution in [0.5, 0.6) is 0 Å². The maximum Gasteiger partial charge on any atom is 0.246 e. The highest BCUT2D eigenvalue weighted by Crippen LogP contribution is 2.52. The number of rotatable bonds is 6. The fourth-order valence-electron chi connectivity index (χ4n) is 8.19. The number of amides is 2. The molecule has 226 valence electrons. The van der Waals surface area contributed by atoms with Gasteiger partial charge in [-0.3, -0.25) is 25.1 Å². The molecule has 1 aliphatic carbocycles. The molecule has 2 amide bonds. The molecule has 4 fully saturated rings. The number of likely N-dealkylation sites (tertiary alicyclic amines) is 1. The van der Waals surface area contributed by atoms with Crippen LogP contribution in [0.25, 0.3) is 0 Å². The first-order chi connectivity index (χ1) is 20.3. The number of benzene rings is 1. The molecular weight excluding hydrogens is 537 g/mol. The normalized spacial score (nSPS) is 35.2. The molecule has 4 heterocycles. The molecule has 1 spiro atoms. The number of nitrogens with zero attached hydrogens (tertiary/aromatic N) is 5. The van der Waals surface area contributed by atoms with Gasteiger partial charge in [-0.05, 0) is 69.5 Å². The summed E-state index contributed by atoms with van der Waals surface area (Å²) < 4.78 is 20.7. The van der Waals surface area contributed by atoms with Gasteiger partial charge in [0.15, 0.2) is 6.35 Å². The summed E-state index contributed by atoms with van der Waals surface area (Å²) in [5.41, 5.74) is 0.855. The van der Waals surface area contributed by atoms with Crippen LogP contribution in [0.1, 0.15) is 44.1 Å². The van der Waals surface area contributed by atoms with Crippen molar-refractivity contribution < 1.29 is 18.7 Å². The molecule has 4 aliphatic heterocycles. The molecule has 2 N–H and O–H groups in total. The van der Waals surface area contributed by atoms with Crippen LogP contribution in [0.4, 0.5) is 10.1 Å². The number of hydrogen-bond acceptors (Lipinski definition) is 8. The Morgan fingerprint density at radius 1 is 1.24 bits per heavy atom. The van der Waals surface area contributed by atoms with Gasteiger partial charge in [-0.2, -0.15) is 5.26 Å². The van der Waals surface area contributed by atoms with E-state index in [0.717, 1.165) is 31.4 Å². The van der Waals surface area contributed by atoms with Gasteiger partial charge >= 0.3 is 0 Å². The van der Waals surface area contributed by atoms with Crippen LogP contribution in [0.15, 0.2) is 30.9 Å². The van der Waals surface area contributed by atoms with Gasteiger partial charge in [0.05, 0.1) is 42.4 Å². The summed E-state index contributed by atoms with van der Waals surface area (Å²) in [7, 11) is 3.87. The summed E-state index contributed by atoms with van der Waals surface area (Å²) in [5.74, 6) is -0.289. The standard InChI is InChI=1S/C31H42FN7O3/c1-4-27(40)39-15-14-38(18-21(39)10-12-33)28-23-9-11-31(24-8-7-20(32)16-26(24)37(3)29(31)41)17-25(23)34-30(35-28)42-19-22-6-5-13-36(22)2/h4,7-8,16,21-23,25,28,30,34-35H,1,5-6,9-11,13-15,17-19H2,2-3H3/t21-,22-,23?,25?,28?,30?,31-/m1/s1. The van der Waals surface area contributed by atoms with E-state index in [9.17, 15) is 19.2 Å². The summed E-state index contributed by atoms with van der Waals surface area (Å²) in [4.78, 5) is 34.4. The predicted octanol–water partition coefficient (Wildman–Crippen LogP) is 1.73. The number of carbonyl (C=O) groups excluding carboxylic acids is 2. The van der Waals surface area contributed by atoms with Crippen molar-refractivity contribution in [1.82, 2.24) is 25.3 Å². The summed E-state index contributed by atoms with van der Waals surface area (Å²) in [6.45, 7) is 7.06. The summed E-state index contributed by atoms with van der Waals surface area (Å²) >= 11 is 0. The second kappa shape index (κ2) is 11.7. The van der Waals surface area contributed by atoms with E-state index in [1.165, 1.54) is 18.2 Å². The minimum atomic E-state index is -0.706. The van der Waals surface area contributed by atoms with Gasteiger partial charge in [0, 0.05) is 44.7 Å². The lowest BCUT2D eigenvalue weighted by Crippen LogP contribution is -2.73. The molecule has 7 atom stereocenters. The maximum atomic E-state index is 14.2. The summed E-state index contributed by atoms with van der Waals surface area (Å²) in [5, 5.41) is 17.0. The Kier molecular flexibility index (Phi) is 8.11. The van der Waals surface area contributed by atoms with Crippen molar-refractivity contribution in [3.63, 3.8) is 0 Å². The Labute approximate surface area is 247 Å². The average Bonchev–Trinajstić information content (AvgIpc) is 3.49. The quantitative estimate of drug-likeness (QED) is 0.492. The van der Waals surface area contributed by atoms with Crippen LogP contribution >= 0.6 is 0 Å². The van der Waals surface area contributed by atoms with E-state index in [1.807, 2.05) is 0 Å². The Morgan fingerprint density at radius 2 is 2.07 bits per heavy atom. The first-order valence-electron chi connectivity index (χ1n) is 15.2. The highest BCUT2D eigenvalue weighted by Gasteiger charge is 2.57. The average molecular weight is 580 g/mol. The van der Waals surface area contributed by atoms with E-state index >= 15 is 0 Å². The first kappa shape index (κ1) is 29.2. The molecule has 0 radical (unpaired) electrons. The van der Waals surface area contributed by atoms with Crippen LogP contribution in [-0.2, 0) is 19.7 Å². The minimum Gasteiger partial charge on any atom is -0.348 e. The lowest BCUT2D eigenvalue weighted by Gasteiger charge is -2.54. The Morgan fingerprint density at radius 3 is 2.81 bits per heavy atom. The largest absolute Gasteiger partial charge is 0.348 e. The zero-order valence-corrected chi connectivity index (χ0v) is 24.6. The third-order valence-corrected chi connectivity index (χ3v) is 10.5. The molecule has 1 aromatic carbocycles. The molecule has 10 nitrogen and oxygen atoms in total. The van der Waals surface area contributed by atoms with E-state index < -0.39 is 11.8 Å². The van der Waals surface area contributed by atoms with Gasteiger partial charge < -0.3 is 19.4 Å². The molecule has 0 aromatic heterocycles. The van der Waals surface area contributed by atoms with E-state index in [4.69, 9.17) is 4.74 Å². The molecule has 4 unspecified atom stereocenters. The molecule has 1 aromatic rings. The van der Waals surface area contributed by atoms with Crippen LogP contribution in [-0.4, -0.2) is 104 Å². The topological polar surface area (TPSA) is 104 Å². The number of likely N-dealkylation sites (N-methyl/N-ethyl adjacent to an activating group) is 2. The SMILES string of the molecule is C=CC(=O)N1CCN(C2NC(OC[C@H]3CCCN3C)NC3C[C@@]4(CCC32)C(=O)N(C)c2cc(F)ccc24)C[C@H]1CC#N. The van der Waals surface area contributed by atoms with Crippen molar-refractivity contribution in [2.45, 2.75) is 74.6 Å². The molecule has 5 aliphatic rings. The number of piperazine rings is 1. The van der Waals surface area contributed by atoms with E-state index in [-0.39, 0.29) is 48.2 Å². The van der Waals surface area contributed by atoms with E-state index in [2.05, 4.69) is 40.1 Å². The second-order valence-corrected chi connectivity index (χ2v) is 12.6. The smallest absolute Gasteiger partial charge is 0.246 e. The fourth-order valence-corrected chi connectivity index (χ4v) is 8.19. The minimum absolute atomic E-state index is 0.0214.